The minimum atomic E-state index is -0.0105. The lowest BCUT2D eigenvalue weighted by molar-refractivity contribution is 0.204. The van der Waals surface area contributed by atoms with Gasteiger partial charge in [-0.1, -0.05) is 61.8 Å². The monoisotopic (exact) mass is 452 g/mol. The zero-order valence-electron chi connectivity index (χ0n) is 18.7. The third-order valence-corrected chi connectivity index (χ3v) is 6.58. The first-order valence-corrected chi connectivity index (χ1v) is 11.9. The Morgan fingerprint density at radius 3 is 2.78 bits per heavy atom. The first kappa shape index (κ1) is 22.6. The van der Waals surface area contributed by atoms with Crippen LogP contribution in [0.4, 0.5) is 5.82 Å². The van der Waals surface area contributed by atoms with E-state index in [0.717, 1.165) is 29.2 Å². The van der Waals surface area contributed by atoms with Gasteiger partial charge in [0, 0.05) is 19.7 Å². The number of hydrogen-bond acceptors (Lipinski definition) is 6. The van der Waals surface area contributed by atoms with Crippen LogP contribution in [0.15, 0.2) is 43.0 Å². The Morgan fingerprint density at radius 1 is 1.19 bits per heavy atom. The highest BCUT2D eigenvalue weighted by atomic mass is 32.1. The standard InChI is InChI=1S/C24H32N6OS/c1-31-15-14-30(23-21-22(26-16-25-21)27-17-28-23)20(13-12-18-8-4-2-5-9-18)24(32)29-19-10-6-3-7-11-19/h2,4-5,8-9,16-17,19-20H,3,6-7,10-15H2,1H3,(H,29,32)(H,25,26,27,28). The number of H-pyrrole nitrogens is 1. The Labute approximate surface area is 195 Å². The van der Waals surface area contributed by atoms with Crippen LogP contribution in [0.5, 0.6) is 0 Å². The quantitative estimate of drug-likeness (QED) is 0.449. The summed E-state index contributed by atoms with van der Waals surface area (Å²) >= 11 is 6.04. The third-order valence-electron chi connectivity index (χ3n) is 6.19. The summed E-state index contributed by atoms with van der Waals surface area (Å²) in [6.07, 6.45) is 11.3. The minimum Gasteiger partial charge on any atom is -0.383 e. The van der Waals surface area contributed by atoms with Crippen LogP contribution >= 0.6 is 12.2 Å². The van der Waals surface area contributed by atoms with Crippen molar-refractivity contribution in [3.8, 4) is 0 Å². The van der Waals surface area contributed by atoms with Crippen molar-refractivity contribution in [3.63, 3.8) is 0 Å². The lowest BCUT2D eigenvalue weighted by atomic mass is 9.95. The molecular weight excluding hydrogens is 420 g/mol. The van der Waals surface area contributed by atoms with Crippen LogP contribution in [0.2, 0.25) is 0 Å². The second-order valence-corrected chi connectivity index (χ2v) is 8.81. The Kier molecular flexibility index (Phi) is 8.01. The molecule has 8 heteroatoms. The van der Waals surface area contributed by atoms with Gasteiger partial charge < -0.3 is 19.9 Å². The Morgan fingerprint density at radius 2 is 2.00 bits per heavy atom. The summed E-state index contributed by atoms with van der Waals surface area (Å²) in [7, 11) is 1.72. The van der Waals surface area contributed by atoms with Gasteiger partial charge in [-0.2, -0.15) is 0 Å². The molecule has 1 saturated carbocycles. The number of aromatic nitrogens is 4. The number of rotatable bonds is 10. The molecule has 1 fully saturated rings. The molecule has 0 spiro atoms. The summed E-state index contributed by atoms with van der Waals surface area (Å²) in [5.74, 6) is 0.815. The van der Waals surface area contributed by atoms with Crippen molar-refractivity contribution in [1.82, 2.24) is 25.3 Å². The smallest absolute Gasteiger partial charge is 0.182 e. The van der Waals surface area contributed by atoms with Gasteiger partial charge in [-0.25, -0.2) is 15.0 Å². The predicted octanol–water partition coefficient (Wildman–Crippen LogP) is 4.06. The molecule has 0 bridgehead atoms. The molecule has 0 aliphatic heterocycles. The molecule has 0 radical (unpaired) electrons. The zero-order valence-corrected chi connectivity index (χ0v) is 19.5. The number of fused-ring (bicyclic) bond motifs is 1. The van der Waals surface area contributed by atoms with Crippen molar-refractivity contribution in [1.29, 1.82) is 0 Å². The van der Waals surface area contributed by atoms with E-state index in [1.54, 1.807) is 19.8 Å². The molecule has 2 N–H and O–H groups in total. The number of nitrogens with one attached hydrogen (secondary N) is 2. The predicted molar refractivity (Wildman–Crippen MR) is 132 cm³/mol. The van der Waals surface area contributed by atoms with Crippen LogP contribution in [-0.2, 0) is 11.2 Å². The topological polar surface area (TPSA) is 79.0 Å². The van der Waals surface area contributed by atoms with Crippen molar-refractivity contribution in [2.75, 3.05) is 25.2 Å². The van der Waals surface area contributed by atoms with E-state index in [2.05, 4.69) is 60.5 Å². The van der Waals surface area contributed by atoms with Gasteiger partial charge in [0.2, 0.25) is 0 Å². The van der Waals surface area contributed by atoms with E-state index < -0.39 is 0 Å². The fraction of sp³-hybridized carbons (Fsp3) is 0.500. The van der Waals surface area contributed by atoms with E-state index in [-0.39, 0.29) is 6.04 Å². The lowest BCUT2D eigenvalue weighted by Gasteiger charge is -2.35. The summed E-state index contributed by atoms with van der Waals surface area (Å²) in [4.78, 5) is 19.6. The number of thiocarbonyl (C=S) groups is 1. The average molecular weight is 453 g/mol. The lowest BCUT2D eigenvalue weighted by Crippen LogP contribution is -2.51. The highest BCUT2D eigenvalue weighted by Gasteiger charge is 2.28. The van der Waals surface area contributed by atoms with E-state index in [1.807, 2.05) is 0 Å². The fourth-order valence-electron chi connectivity index (χ4n) is 4.49. The molecule has 170 valence electrons. The number of aromatic amines is 1. The van der Waals surface area contributed by atoms with Crippen LogP contribution in [-0.4, -0.2) is 57.3 Å². The molecule has 0 amide bonds. The summed E-state index contributed by atoms with van der Waals surface area (Å²) in [5, 5.41) is 3.70. The van der Waals surface area contributed by atoms with Crippen molar-refractivity contribution in [2.45, 2.75) is 57.0 Å². The number of aryl methyl sites for hydroxylation is 1. The van der Waals surface area contributed by atoms with Gasteiger partial charge in [0.1, 0.15) is 11.8 Å². The van der Waals surface area contributed by atoms with Crippen molar-refractivity contribution in [3.05, 3.63) is 48.5 Å². The van der Waals surface area contributed by atoms with Crippen LogP contribution < -0.4 is 10.2 Å². The summed E-state index contributed by atoms with van der Waals surface area (Å²) < 4.78 is 5.46. The summed E-state index contributed by atoms with van der Waals surface area (Å²) in [6, 6.07) is 11.0. The van der Waals surface area contributed by atoms with E-state index in [9.17, 15) is 0 Å². The molecule has 7 nitrogen and oxygen atoms in total. The van der Waals surface area contributed by atoms with Gasteiger partial charge in [-0.15, -0.1) is 0 Å². The normalized spacial score (nSPS) is 15.5. The number of anilines is 1. The SMILES string of the molecule is COCCN(c1ncnc2nc[nH]c12)C(CCc1ccccc1)C(=S)NC1CCCCC1. The van der Waals surface area contributed by atoms with Gasteiger partial charge >= 0.3 is 0 Å². The molecule has 0 saturated heterocycles. The van der Waals surface area contributed by atoms with Gasteiger partial charge in [-0.3, -0.25) is 0 Å². The highest BCUT2D eigenvalue weighted by Crippen LogP contribution is 2.25. The first-order chi connectivity index (χ1) is 15.8. The molecule has 1 aliphatic rings. The number of ether oxygens (including phenoxy) is 1. The number of imidazole rings is 1. The molecule has 1 atom stereocenters. The van der Waals surface area contributed by atoms with Crippen molar-refractivity contribution < 1.29 is 4.74 Å². The van der Waals surface area contributed by atoms with Crippen LogP contribution in [0.1, 0.15) is 44.1 Å². The van der Waals surface area contributed by atoms with E-state index >= 15 is 0 Å². The summed E-state index contributed by atoms with van der Waals surface area (Å²) in [6.45, 7) is 1.25. The maximum absolute atomic E-state index is 6.04. The number of hydrogen-bond donors (Lipinski definition) is 2. The van der Waals surface area contributed by atoms with E-state index in [0.29, 0.717) is 24.8 Å². The first-order valence-electron chi connectivity index (χ1n) is 11.5. The van der Waals surface area contributed by atoms with Gasteiger partial charge in [-0.05, 0) is 31.2 Å². The Bertz CT molecular complexity index is 988. The largest absolute Gasteiger partial charge is 0.383 e. The molecular formula is C24H32N6OS. The van der Waals surface area contributed by atoms with E-state index in [4.69, 9.17) is 17.0 Å². The maximum Gasteiger partial charge on any atom is 0.182 e. The molecule has 32 heavy (non-hydrogen) atoms. The highest BCUT2D eigenvalue weighted by molar-refractivity contribution is 7.80. The van der Waals surface area contributed by atoms with Crippen LogP contribution in [0.3, 0.4) is 0 Å². The zero-order chi connectivity index (χ0) is 22.2. The number of methoxy groups -OCH3 is 1. The maximum atomic E-state index is 6.04. The number of benzene rings is 1. The molecule has 3 aromatic rings. The minimum absolute atomic E-state index is 0.0105. The van der Waals surface area contributed by atoms with Gasteiger partial charge in [0.25, 0.3) is 0 Å². The van der Waals surface area contributed by atoms with Crippen LogP contribution in [0.25, 0.3) is 11.2 Å². The molecule has 2 heterocycles. The fourth-order valence-corrected chi connectivity index (χ4v) is 4.90. The Balaban J connectivity index is 1.63. The van der Waals surface area contributed by atoms with Crippen molar-refractivity contribution >= 4 is 34.2 Å². The average Bonchev–Trinajstić information content (AvgIpc) is 3.32. The summed E-state index contributed by atoms with van der Waals surface area (Å²) in [5.41, 5.74) is 2.79. The molecule has 1 aromatic carbocycles. The van der Waals surface area contributed by atoms with Crippen LogP contribution in [0, 0.1) is 0 Å². The second kappa shape index (κ2) is 11.3. The van der Waals surface area contributed by atoms with Gasteiger partial charge in [0.15, 0.2) is 11.5 Å². The molecule has 4 rings (SSSR count). The molecule has 1 unspecified atom stereocenters. The second-order valence-electron chi connectivity index (χ2n) is 8.37. The van der Waals surface area contributed by atoms with Gasteiger partial charge in [0.05, 0.1) is 24.0 Å². The van der Waals surface area contributed by atoms with E-state index in [1.165, 1.54) is 37.7 Å². The molecule has 1 aliphatic carbocycles. The number of nitrogens with zero attached hydrogens (tertiary/aromatic N) is 4. The Hall–Kier alpha value is -2.58. The molecule has 2 aromatic heterocycles. The van der Waals surface area contributed by atoms with Crippen molar-refractivity contribution in [2.24, 2.45) is 0 Å². The third kappa shape index (κ3) is 5.61.